The molecule has 0 saturated heterocycles. The minimum absolute atomic E-state index is 0.293. The first-order valence-corrected chi connectivity index (χ1v) is 6.91. The fraction of sp³-hybridized carbons (Fsp3) is 0.333. The maximum atomic E-state index is 11.1. The number of rotatable bonds is 6. The van der Waals surface area contributed by atoms with Crippen molar-refractivity contribution in [2.45, 2.75) is 25.1 Å². The summed E-state index contributed by atoms with van der Waals surface area (Å²) in [6.45, 7) is 5.35. The van der Waals surface area contributed by atoms with E-state index in [4.69, 9.17) is 4.55 Å². The summed E-state index contributed by atoms with van der Waals surface area (Å²) in [5.74, 6) is 0. The van der Waals surface area contributed by atoms with Crippen molar-refractivity contribution in [1.29, 1.82) is 0 Å². The predicted molar refractivity (Wildman–Crippen MR) is 69.6 cm³/mol. The van der Waals surface area contributed by atoms with Gasteiger partial charge in [0.25, 0.3) is 10.1 Å². The van der Waals surface area contributed by atoms with Crippen LogP contribution in [0.5, 0.6) is 0 Å². The highest BCUT2D eigenvalue weighted by atomic mass is 32.2. The van der Waals surface area contributed by atoms with Crippen LogP contribution in [0.25, 0.3) is 0 Å². The van der Waals surface area contributed by atoms with Crippen molar-refractivity contribution in [2.75, 3.05) is 5.32 Å². The summed E-state index contributed by atoms with van der Waals surface area (Å²) in [5.41, 5.74) is 1.65. The number of nitrogens with one attached hydrogen (secondary N) is 1. The topological polar surface area (TPSA) is 66.4 Å². The summed E-state index contributed by atoms with van der Waals surface area (Å²) in [6.07, 6.45) is 2.68. The molecule has 0 aliphatic heterocycles. The lowest BCUT2D eigenvalue weighted by molar-refractivity contribution is 0.470. The van der Waals surface area contributed by atoms with Crippen LogP contribution in [-0.2, 0) is 16.5 Å². The number of allylic oxidation sites excluding steroid dienone is 1. The minimum atomic E-state index is -4.08. The van der Waals surface area contributed by atoms with E-state index in [0.29, 0.717) is 18.5 Å². The van der Waals surface area contributed by atoms with E-state index in [9.17, 15) is 8.42 Å². The fourth-order valence-electron chi connectivity index (χ4n) is 1.56. The third kappa shape index (κ3) is 3.87. The van der Waals surface area contributed by atoms with E-state index in [1.54, 1.807) is 19.1 Å². The Kier molecular flexibility index (Phi) is 4.72. The maximum Gasteiger partial charge on any atom is 0.286 e. The first-order chi connectivity index (χ1) is 7.99. The zero-order valence-corrected chi connectivity index (χ0v) is 10.6. The van der Waals surface area contributed by atoms with Crippen LogP contribution in [0, 0.1) is 0 Å². The van der Waals surface area contributed by atoms with Crippen LogP contribution in [0.2, 0.25) is 0 Å². The van der Waals surface area contributed by atoms with Gasteiger partial charge in [0.1, 0.15) is 0 Å². The quantitative estimate of drug-likeness (QED) is 0.605. The Morgan fingerprint density at radius 1 is 1.47 bits per heavy atom. The molecule has 0 heterocycles. The van der Waals surface area contributed by atoms with Gasteiger partial charge in [-0.25, -0.2) is 0 Å². The highest BCUT2D eigenvalue weighted by Crippen LogP contribution is 2.19. The highest BCUT2D eigenvalue weighted by molar-refractivity contribution is 7.86. The Balaban J connectivity index is 2.97. The van der Waals surface area contributed by atoms with Gasteiger partial charge in [-0.1, -0.05) is 31.2 Å². The minimum Gasteiger partial charge on any atom is -0.367 e. The number of hydrogen-bond acceptors (Lipinski definition) is 3. The van der Waals surface area contributed by atoms with Crippen LogP contribution in [0.15, 0.2) is 36.9 Å². The van der Waals surface area contributed by atoms with Gasteiger partial charge in [0, 0.05) is 5.69 Å². The van der Waals surface area contributed by atoms with E-state index in [0.717, 1.165) is 5.56 Å². The fourth-order valence-corrected chi connectivity index (χ4v) is 2.25. The van der Waals surface area contributed by atoms with E-state index in [1.807, 2.05) is 18.2 Å². The molecule has 0 bridgehead atoms. The van der Waals surface area contributed by atoms with Crippen LogP contribution >= 0.6 is 0 Å². The van der Waals surface area contributed by atoms with E-state index < -0.39 is 15.5 Å². The van der Waals surface area contributed by atoms with Gasteiger partial charge in [0.05, 0.1) is 0 Å². The molecule has 17 heavy (non-hydrogen) atoms. The Morgan fingerprint density at radius 3 is 2.65 bits per heavy atom. The van der Waals surface area contributed by atoms with Gasteiger partial charge in [-0.15, -0.1) is 6.58 Å². The van der Waals surface area contributed by atoms with Gasteiger partial charge in [-0.05, 0) is 24.5 Å². The Hall–Kier alpha value is -1.33. The third-order valence-corrected chi connectivity index (χ3v) is 3.60. The van der Waals surface area contributed by atoms with Crippen molar-refractivity contribution in [1.82, 2.24) is 0 Å². The van der Waals surface area contributed by atoms with Crippen molar-refractivity contribution >= 4 is 15.8 Å². The number of para-hydroxylation sites is 1. The van der Waals surface area contributed by atoms with E-state index in [1.165, 1.54) is 0 Å². The first kappa shape index (κ1) is 13.7. The van der Waals surface area contributed by atoms with Crippen molar-refractivity contribution in [3.8, 4) is 0 Å². The summed E-state index contributed by atoms with van der Waals surface area (Å²) >= 11 is 0. The second-order valence-electron chi connectivity index (χ2n) is 3.71. The average molecular weight is 255 g/mol. The molecule has 0 aromatic heterocycles. The molecule has 1 rings (SSSR count). The molecule has 0 amide bonds. The molecular formula is C12H17NO3S. The molecule has 0 aliphatic carbocycles. The lowest BCUT2D eigenvalue weighted by Crippen LogP contribution is -2.28. The van der Waals surface area contributed by atoms with E-state index >= 15 is 0 Å². The monoisotopic (exact) mass is 255 g/mol. The normalized spacial score (nSPS) is 13.1. The van der Waals surface area contributed by atoms with Crippen LogP contribution in [-0.4, -0.2) is 18.3 Å². The number of benzene rings is 1. The zero-order valence-electron chi connectivity index (χ0n) is 9.76. The molecule has 0 spiro atoms. The number of hydrogen-bond donors (Lipinski definition) is 2. The molecule has 1 atom stereocenters. The standard InChI is InChI=1S/C12H17NO3S/c1-3-7-10-8-5-6-9-11(10)13-12(4-2)17(14,15)16/h3,5-6,8-9,12-13H,1,4,7H2,2H3,(H,14,15,16). The largest absolute Gasteiger partial charge is 0.367 e. The van der Waals surface area contributed by atoms with Gasteiger partial charge in [-0.2, -0.15) is 8.42 Å². The molecule has 1 unspecified atom stereocenters. The lowest BCUT2D eigenvalue weighted by Gasteiger charge is -2.17. The van der Waals surface area contributed by atoms with Gasteiger partial charge in [-0.3, -0.25) is 4.55 Å². The predicted octanol–water partition coefficient (Wildman–Crippen LogP) is 2.45. The SMILES string of the molecule is C=CCc1ccccc1NC(CC)S(=O)(=O)O. The summed E-state index contributed by atoms with van der Waals surface area (Å²) < 4.78 is 31.3. The van der Waals surface area contributed by atoms with Crippen molar-refractivity contribution < 1.29 is 13.0 Å². The molecule has 1 aromatic rings. The van der Waals surface area contributed by atoms with E-state index in [2.05, 4.69) is 11.9 Å². The molecular weight excluding hydrogens is 238 g/mol. The number of anilines is 1. The van der Waals surface area contributed by atoms with Gasteiger partial charge in [0.2, 0.25) is 0 Å². The van der Waals surface area contributed by atoms with Gasteiger partial charge < -0.3 is 5.32 Å². The van der Waals surface area contributed by atoms with Crippen LogP contribution < -0.4 is 5.32 Å². The van der Waals surface area contributed by atoms with E-state index in [-0.39, 0.29) is 0 Å². The Bertz CT molecular complexity index is 482. The summed E-state index contributed by atoms with van der Waals surface area (Å²) in [6, 6.07) is 7.36. The molecule has 0 aliphatic rings. The van der Waals surface area contributed by atoms with Crippen molar-refractivity contribution in [2.24, 2.45) is 0 Å². The molecule has 5 heteroatoms. The molecule has 0 radical (unpaired) electrons. The van der Waals surface area contributed by atoms with Gasteiger partial charge in [0.15, 0.2) is 5.37 Å². The highest BCUT2D eigenvalue weighted by Gasteiger charge is 2.21. The molecule has 4 nitrogen and oxygen atoms in total. The van der Waals surface area contributed by atoms with Crippen molar-refractivity contribution in [3.05, 3.63) is 42.5 Å². The van der Waals surface area contributed by atoms with Crippen LogP contribution in [0.4, 0.5) is 5.69 Å². The molecule has 0 fully saturated rings. The summed E-state index contributed by atoms with van der Waals surface area (Å²) in [7, 11) is -4.08. The summed E-state index contributed by atoms with van der Waals surface area (Å²) in [5, 5.41) is 1.86. The second-order valence-corrected chi connectivity index (χ2v) is 5.31. The molecule has 94 valence electrons. The Labute approximate surface area is 102 Å². The maximum absolute atomic E-state index is 11.1. The second kappa shape index (κ2) is 5.84. The van der Waals surface area contributed by atoms with Gasteiger partial charge >= 0.3 is 0 Å². The smallest absolute Gasteiger partial charge is 0.286 e. The molecule has 1 aromatic carbocycles. The van der Waals surface area contributed by atoms with Crippen molar-refractivity contribution in [3.63, 3.8) is 0 Å². The molecule has 2 N–H and O–H groups in total. The molecule has 0 saturated carbocycles. The third-order valence-electron chi connectivity index (χ3n) is 2.43. The average Bonchev–Trinajstić information content (AvgIpc) is 2.26. The van der Waals surface area contributed by atoms with Crippen LogP contribution in [0.3, 0.4) is 0 Å². The Morgan fingerprint density at radius 2 is 2.12 bits per heavy atom. The zero-order chi connectivity index (χ0) is 12.9. The van der Waals surface area contributed by atoms with Crippen LogP contribution in [0.1, 0.15) is 18.9 Å². The lowest BCUT2D eigenvalue weighted by atomic mass is 10.1. The first-order valence-electron chi connectivity index (χ1n) is 5.40. The summed E-state index contributed by atoms with van der Waals surface area (Å²) in [4.78, 5) is 0.